The number of methoxy groups -OCH3 is 1. The molecule has 0 aliphatic carbocycles. The van der Waals surface area contributed by atoms with Crippen molar-refractivity contribution in [2.24, 2.45) is 4.99 Å². The van der Waals surface area contributed by atoms with E-state index in [-0.39, 0.29) is 12.2 Å². The number of fused-ring (bicyclic) bond motifs is 1. The zero-order chi connectivity index (χ0) is 27.5. The molecule has 1 saturated heterocycles. The number of benzene rings is 1. The number of esters is 1. The molecule has 0 spiro atoms. The van der Waals surface area contributed by atoms with Gasteiger partial charge in [-0.3, -0.25) is 9.36 Å². The van der Waals surface area contributed by atoms with E-state index in [1.807, 2.05) is 43.3 Å². The van der Waals surface area contributed by atoms with Crippen LogP contribution in [0.3, 0.4) is 0 Å². The van der Waals surface area contributed by atoms with Crippen molar-refractivity contribution in [3.8, 4) is 5.75 Å². The van der Waals surface area contributed by atoms with Crippen LogP contribution in [0.4, 0.5) is 5.88 Å². The first-order valence-corrected chi connectivity index (χ1v) is 14.1. The van der Waals surface area contributed by atoms with Crippen LogP contribution in [0.25, 0.3) is 6.08 Å². The van der Waals surface area contributed by atoms with Gasteiger partial charge in [-0.2, -0.15) is 0 Å². The molecule has 5 rings (SSSR count). The molecular weight excluding hydrogens is 516 g/mol. The molecule has 0 bridgehead atoms. The summed E-state index contributed by atoms with van der Waals surface area (Å²) in [7, 11) is 3.69. The number of allylic oxidation sites excluding steroid dienone is 1. The summed E-state index contributed by atoms with van der Waals surface area (Å²) in [6, 6.07) is 10.6. The van der Waals surface area contributed by atoms with Gasteiger partial charge in [0.2, 0.25) is 0 Å². The highest BCUT2D eigenvalue weighted by molar-refractivity contribution is 7.07. The number of ether oxygens (including phenoxy) is 2. The lowest BCUT2D eigenvalue weighted by Crippen LogP contribution is -2.44. The van der Waals surface area contributed by atoms with Crippen LogP contribution in [0.2, 0.25) is 0 Å². The van der Waals surface area contributed by atoms with Gasteiger partial charge in [-0.15, -0.1) is 0 Å². The SMILES string of the molecule is CCCC1=C(C(=O)OCC)[C@H](c2ccccc2OC)n2c(sc(=Cc3ccc(N4CCN(C)CC4)o3)c2=O)=N1. The van der Waals surface area contributed by atoms with Crippen molar-refractivity contribution < 1.29 is 18.7 Å². The maximum Gasteiger partial charge on any atom is 0.338 e. The first-order chi connectivity index (χ1) is 18.9. The molecule has 0 radical (unpaired) electrons. The van der Waals surface area contributed by atoms with Gasteiger partial charge in [0, 0.05) is 43.9 Å². The minimum absolute atomic E-state index is 0.221. The number of aromatic nitrogens is 1. The van der Waals surface area contributed by atoms with Crippen molar-refractivity contribution in [2.45, 2.75) is 32.7 Å². The highest BCUT2D eigenvalue weighted by Crippen LogP contribution is 2.36. The fourth-order valence-electron chi connectivity index (χ4n) is 5.05. The number of hydrogen-bond acceptors (Lipinski definition) is 9. The zero-order valence-corrected chi connectivity index (χ0v) is 23.6. The van der Waals surface area contributed by atoms with Gasteiger partial charge >= 0.3 is 5.97 Å². The normalized spacial score (nSPS) is 18.2. The Morgan fingerprint density at radius 2 is 1.92 bits per heavy atom. The van der Waals surface area contributed by atoms with E-state index in [0.717, 1.165) is 38.5 Å². The van der Waals surface area contributed by atoms with E-state index < -0.39 is 12.0 Å². The van der Waals surface area contributed by atoms with Crippen LogP contribution < -0.4 is 24.5 Å². The van der Waals surface area contributed by atoms with Gasteiger partial charge in [0.1, 0.15) is 17.6 Å². The number of hydrogen-bond donors (Lipinski definition) is 0. The van der Waals surface area contributed by atoms with E-state index >= 15 is 0 Å². The summed E-state index contributed by atoms with van der Waals surface area (Å²) in [5.74, 6) is 1.50. The molecule has 2 aromatic heterocycles. The fourth-order valence-corrected chi connectivity index (χ4v) is 6.05. The van der Waals surface area contributed by atoms with E-state index in [9.17, 15) is 9.59 Å². The highest BCUT2D eigenvalue weighted by Gasteiger charge is 2.35. The number of carbonyl (C=O) groups is 1. The number of para-hydroxylation sites is 1. The van der Waals surface area contributed by atoms with E-state index in [1.165, 1.54) is 11.3 Å². The summed E-state index contributed by atoms with van der Waals surface area (Å²) in [4.78, 5) is 37.1. The molecule has 2 aliphatic heterocycles. The van der Waals surface area contributed by atoms with Gasteiger partial charge < -0.3 is 23.7 Å². The Morgan fingerprint density at radius 3 is 2.64 bits per heavy atom. The second kappa shape index (κ2) is 11.6. The number of rotatable bonds is 8. The third-order valence-corrected chi connectivity index (χ3v) is 8.01. The van der Waals surface area contributed by atoms with Gasteiger partial charge in [-0.05, 0) is 32.5 Å². The van der Waals surface area contributed by atoms with E-state index in [0.29, 0.717) is 44.1 Å². The average molecular weight is 551 g/mol. The standard InChI is InChI=1S/C29H34N4O5S/c1-5-9-21-25(28(35)37-6-2)26(20-10-7-8-11-22(20)36-4)33-27(34)23(39-29(33)30-21)18-19-12-13-24(38-19)32-16-14-31(3)15-17-32/h7-8,10-13,18,26H,5-6,9,14-17H2,1-4H3/t26-/m0/s1. The Kier molecular flexibility index (Phi) is 8.04. The number of anilines is 1. The van der Waals surface area contributed by atoms with Crippen molar-refractivity contribution in [1.29, 1.82) is 0 Å². The monoisotopic (exact) mass is 550 g/mol. The van der Waals surface area contributed by atoms with Gasteiger partial charge in [0.15, 0.2) is 10.7 Å². The van der Waals surface area contributed by atoms with Gasteiger partial charge in [0.25, 0.3) is 5.56 Å². The maximum atomic E-state index is 13.9. The molecule has 2 aliphatic rings. The quantitative estimate of drug-likeness (QED) is 0.399. The van der Waals surface area contributed by atoms with E-state index in [1.54, 1.807) is 24.7 Å². The third-order valence-electron chi connectivity index (χ3n) is 7.03. The van der Waals surface area contributed by atoms with Crippen LogP contribution in [0.5, 0.6) is 5.75 Å². The first-order valence-electron chi connectivity index (χ1n) is 13.3. The Morgan fingerprint density at radius 1 is 1.15 bits per heavy atom. The highest BCUT2D eigenvalue weighted by atomic mass is 32.1. The maximum absolute atomic E-state index is 13.9. The molecule has 0 saturated carbocycles. The molecule has 206 valence electrons. The number of furan rings is 1. The summed E-state index contributed by atoms with van der Waals surface area (Å²) < 4.78 is 19.3. The predicted molar refractivity (Wildman–Crippen MR) is 151 cm³/mol. The largest absolute Gasteiger partial charge is 0.496 e. The third kappa shape index (κ3) is 5.31. The van der Waals surface area contributed by atoms with Crippen molar-refractivity contribution in [3.05, 3.63) is 78.7 Å². The molecule has 1 fully saturated rings. The van der Waals surface area contributed by atoms with Crippen molar-refractivity contribution in [3.63, 3.8) is 0 Å². The molecule has 9 nitrogen and oxygen atoms in total. The average Bonchev–Trinajstić information content (AvgIpc) is 3.53. The lowest BCUT2D eigenvalue weighted by atomic mass is 9.93. The van der Waals surface area contributed by atoms with Crippen molar-refractivity contribution >= 4 is 29.3 Å². The number of thiazole rings is 1. The van der Waals surface area contributed by atoms with Crippen molar-refractivity contribution in [1.82, 2.24) is 9.47 Å². The molecule has 1 atom stereocenters. The molecule has 0 unspecified atom stereocenters. The zero-order valence-electron chi connectivity index (χ0n) is 22.8. The Hall–Kier alpha value is -3.63. The molecule has 0 N–H and O–H groups in total. The molecule has 1 aromatic carbocycles. The lowest BCUT2D eigenvalue weighted by Gasteiger charge is -2.32. The topological polar surface area (TPSA) is 89.5 Å². The summed E-state index contributed by atoms with van der Waals surface area (Å²) >= 11 is 1.29. The Bertz CT molecular complexity index is 1560. The Balaban J connectivity index is 1.64. The number of likely N-dealkylation sites (N-methyl/N-ethyl adjacent to an activating group) is 1. The molecule has 3 aromatic rings. The predicted octanol–water partition coefficient (Wildman–Crippen LogP) is 2.93. The van der Waals surface area contributed by atoms with Crippen LogP contribution in [-0.2, 0) is 9.53 Å². The van der Waals surface area contributed by atoms with Crippen LogP contribution in [0, 0.1) is 0 Å². The molecule has 39 heavy (non-hydrogen) atoms. The smallest absolute Gasteiger partial charge is 0.338 e. The summed E-state index contributed by atoms with van der Waals surface area (Å²) in [6.45, 7) is 7.75. The van der Waals surface area contributed by atoms with Crippen LogP contribution >= 0.6 is 11.3 Å². The van der Waals surface area contributed by atoms with Crippen LogP contribution in [-0.4, -0.2) is 62.4 Å². The van der Waals surface area contributed by atoms with Crippen LogP contribution in [0.1, 0.15) is 44.1 Å². The van der Waals surface area contributed by atoms with Gasteiger partial charge in [-0.25, -0.2) is 9.79 Å². The fraction of sp³-hybridized carbons (Fsp3) is 0.414. The summed E-state index contributed by atoms with van der Waals surface area (Å²) in [5.41, 5.74) is 1.46. The summed E-state index contributed by atoms with van der Waals surface area (Å²) in [6.07, 6.45) is 3.13. The van der Waals surface area contributed by atoms with Gasteiger partial charge in [0.05, 0.1) is 29.5 Å². The molecule has 10 heteroatoms. The Labute approximate surface area is 231 Å². The number of nitrogens with zero attached hydrogens (tertiary/aromatic N) is 4. The van der Waals surface area contributed by atoms with Crippen LogP contribution in [0.15, 0.2) is 61.9 Å². The second-order valence-electron chi connectivity index (χ2n) is 9.62. The molecule has 4 heterocycles. The minimum atomic E-state index is -0.724. The van der Waals surface area contributed by atoms with Gasteiger partial charge in [-0.1, -0.05) is 42.9 Å². The second-order valence-corrected chi connectivity index (χ2v) is 10.6. The van der Waals surface area contributed by atoms with Crippen molar-refractivity contribution in [2.75, 3.05) is 51.8 Å². The first kappa shape index (κ1) is 27.0. The molecule has 0 amide bonds. The summed E-state index contributed by atoms with van der Waals surface area (Å²) in [5, 5.41) is 0. The minimum Gasteiger partial charge on any atom is -0.496 e. The van der Waals surface area contributed by atoms with E-state index in [4.69, 9.17) is 18.9 Å². The molecular formula is C29H34N4O5S. The van der Waals surface area contributed by atoms with E-state index in [2.05, 4.69) is 16.8 Å². The lowest BCUT2D eigenvalue weighted by molar-refractivity contribution is -0.139. The number of piperazine rings is 1. The number of carbonyl (C=O) groups excluding carboxylic acids is 1.